The van der Waals surface area contributed by atoms with E-state index in [1.165, 1.54) is 44.9 Å². The first-order valence-corrected chi connectivity index (χ1v) is 22.4. The summed E-state index contributed by atoms with van der Waals surface area (Å²) in [4.78, 5) is 25.5. The summed E-state index contributed by atoms with van der Waals surface area (Å²) in [5, 5.41) is 71.7. The van der Waals surface area contributed by atoms with Gasteiger partial charge in [0.15, 0.2) is 18.7 Å². The van der Waals surface area contributed by atoms with Gasteiger partial charge in [-0.1, -0.05) is 115 Å². The lowest BCUT2D eigenvalue weighted by Crippen LogP contribution is -2.61. The Balaban J connectivity index is 1.86. The number of ether oxygens (including phenoxy) is 6. The van der Waals surface area contributed by atoms with E-state index in [2.05, 4.69) is 38.2 Å². The van der Waals surface area contributed by atoms with Crippen LogP contribution in [-0.2, 0) is 38.0 Å². The van der Waals surface area contributed by atoms with E-state index in [0.717, 1.165) is 64.2 Å². The molecule has 2 fully saturated rings. The number of hydrogen-bond donors (Lipinski definition) is 7. The summed E-state index contributed by atoms with van der Waals surface area (Å²) in [6.07, 6.45) is 12.4. The molecule has 2 heterocycles. The van der Waals surface area contributed by atoms with Crippen LogP contribution in [0.1, 0.15) is 149 Å². The van der Waals surface area contributed by atoms with Crippen molar-refractivity contribution in [2.24, 2.45) is 0 Å². The fourth-order valence-corrected chi connectivity index (χ4v) is 6.89. The van der Waals surface area contributed by atoms with Crippen LogP contribution < -0.4 is 0 Å². The molecule has 0 aromatic rings. The Morgan fingerprint density at radius 1 is 0.542 bits per heavy atom. The Labute approximate surface area is 352 Å². The summed E-state index contributed by atoms with van der Waals surface area (Å²) in [5.41, 5.74) is 0. The molecule has 2 saturated heterocycles. The molecule has 15 nitrogen and oxygen atoms in total. The number of unbranched alkanes of at least 4 members (excludes halogenated alkanes) is 15. The van der Waals surface area contributed by atoms with Crippen LogP contribution in [0.25, 0.3) is 0 Å². The highest BCUT2D eigenvalue weighted by atomic mass is 16.7. The van der Waals surface area contributed by atoms with Crippen molar-refractivity contribution in [1.29, 1.82) is 0 Å². The Hall–Kier alpha value is -2.02. The number of hydrogen-bond acceptors (Lipinski definition) is 15. The molecule has 0 spiro atoms. The van der Waals surface area contributed by atoms with Crippen molar-refractivity contribution >= 4 is 11.9 Å². The number of esters is 2. The summed E-state index contributed by atoms with van der Waals surface area (Å²) >= 11 is 0. The third-order valence-electron chi connectivity index (χ3n) is 10.7. The number of carbonyl (C=O) groups excluding carboxylic acids is 2. The van der Waals surface area contributed by atoms with Crippen LogP contribution >= 0.6 is 0 Å². The quantitative estimate of drug-likeness (QED) is 0.0275. The molecule has 2 aliphatic rings. The maximum absolute atomic E-state index is 12.9. The minimum Gasteiger partial charge on any atom is -0.462 e. The Kier molecular flexibility index (Phi) is 29.4. The third kappa shape index (κ3) is 22.1. The average molecular weight is 847 g/mol. The SMILES string of the molecule is CCCCC/C=C/C/C=C/CCCCCCCC(=O)O[C@H](COC(=O)CCCCCCCCCC)CO[C@@H]1O[C@H](CO[C@@H]2O[C@H](CO)[C@H](O)C(O)C2O)[C@H](O)C(O)C1O. The van der Waals surface area contributed by atoms with Crippen molar-refractivity contribution in [2.75, 3.05) is 26.4 Å². The van der Waals surface area contributed by atoms with E-state index in [0.29, 0.717) is 12.8 Å². The number of aliphatic hydroxyl groups is 7. The lowest BCUT2D eigenvalue weighted by atomic mass is 9.98. The lowest BCUT2D eigenvalue weighted by Gasteiger charge is -2.42. The lowest BCUT2D eigenvalue weighted by molar-refractivity contribution is -0.332. The largest absolute Gasteiger partial charge is 0.462 e. The number of allylic oxidation sites excluding steroid dienone is 4. The van der Waals surface area contributed by atoms with Gasteiger partial charge in [0.25, 0.3) is 0 Å². The van der Waals surface area contributed by atoms with Crippen LogP contribution in [0.4, 0.5) is 0 Å². The standard InChI is InChI=1S/C44H78O15/c1-3-5-7-9-11-13-14-15-16-17-18-19-21-23-25-27-36(47)57-32(29-54-35(46)26-24-22-20-12-10-8-6-4-2)30-55-43-42(53)40(51)38(49)34(59-43)31-56-44-41(52)39(50)37(48)33(28-45)58-44/h11,13,15-16,32-34,37-45,48-53H,3-10,12,14,17-31H2,1-2H3/b13-11+,16-15+/t32-,33-,34-,37+,38+,39?,40?,41?,42?,43-,44-/m1/s1. The second kappa shape index (κ2) is 32.7. The molecule has 0 aromatic heterocycles. The van der Waals surface area contributed by atoms with Crippen LogP contribution in [-0.4, -0.2) is 142 Å². The predicted molar refractivity (Wildman–Crippen MR) is 220 cm³/mol. The Morgan fingerprint density at radius 3 is 1.61 bits per heavy atom. The maximum Gasteiger partial charge on any atom is 0.306 e. The molecule has 0 radical (unpaired) electrons. The highest BCUT2D eigenvalue weighted by Gasteiger charge is 2.47. The molecule has 0 saturated carbocycles. The summed E-state index contributed by atoms with van der Waals surface area (Å²) in [5.74, 6) is -0.946. The molecule has 0 bridgehead atoms. The molecular weight excluding hydrogens is 768 g/mol. The molecule has 59 heavy (non-hydrogen) atoms. The minimum absolute atomic E-state index is 0.151. The predicted octanol–water partition coefficient (Wildman–Crippen LogP) is 4.43. The van der Waals surface area contributed by atoms with E-state index in [1.807, 2.05) is 0 Å². The summed E-state index contributed by atoms with van der Waals surface area (Å²) in [6, 6.07) is 0. The van der Waals surface area contributed by atoms with Gasteiger partial charge in [0.05, 0.1) is 19.8 Å². The average Bonchev–Trinajstić information content (AvgIpc) is 3.23. The molecule has 7 N–H and O–H groups in total. The Bertz CT molecular complexity index is 1140. The summed E-state index contributed by atoms with van der Waals surface area (Å²) in [7, 11) is 0. The fourth-order valence-electron chi connectivity index (χ4n) is 6.89. The molecule has 15 heteroatoms. The molecule has 0 amide bonds. The van der Waals surface area contributed by atoms with E-state index in [-0.39, 0.29) is 26.1 Å². The van der Waals surface area contributed by atoms with Gasteiger partial charge in [-0.15, -0.1) is 0 Å². The van der Waals surface area contributed by atoms with E-state index in [1.54, 1.807) is 0 Å². The molecule has 0 aromatic carbocycles. The van der Waals surface area contributed by atoms with Gasteiger partial charge < -0.3 is 64.2 Å². The highest BCUT2D eigenvalue weighted by molar-refractivity contribution is 5.70. The highest BCUT2D eigenvalue weighted by Crippen LogP contribution is 2.26. The topological polar surface area (TPSA) is 231 Å². The van der Waals surface area contributed by atoms with Gasteiger partial charge in [-0.05, 0) is 44.9 Å². The van der Waals surface area contributed by atoms with Crippen molar-refractivity contribution in [3.8, 4) is 0 Å². The molecule has 11 atom stereocenters. The number of carbonyl (C=O) groups is 2. The van der Waals surface area contributed by atoms with Gasteiger partial charge in [-0.3, -0.25) is 9.59 Å². The molecule has 0 aliphatic carbocycles. The van der Waals surface area contributed by atoms with Crippen molar-refractivity contribution in [2.45, 2.75) is 216 Å². The second-order valence-corrected chi connectivity index (χ2v) is 15.9. The first-order chi connectivity index (χ1) is 28.5. The van der Waals surface area contributed by atoms with Gasteiger partial charge in [-0.2, -0.15) is 0 Å². The first-order valence-electron chi connectivity index (χ1n) is 22.4. The van der Waals surface area contributed by atoms with E-state index in [9.17, 15) is 45.3 Å². The fraction of sp³-hybridized carbons (Fsp3) is 0.864. The second-order valence-electron chi connectivity index (χ2n) is 15.9. The molecule has 344 valence electrons. The van der Waals surface area contributed by atoms with Gasteiger partial charge in [-0.25, -0.2) is 0 Å². The van der Waals surface area contributed by atoms with Crippen LogP contribution in [0.5, 0.6) is 0 Å². The van der Waals surface area contributed by atoms with Crippen LogP contribution in [0.15, 0.2) is 24.3 Å². The van der Waals surface area contributed by atoms with Crippen LogP contribution in [0.3, 0.4) is 0 Å². The molecule has 2 aliphatic heterocycles. The minimum atomic E-state index is -1.76. The van der Waals surface area contributed by atoms with Crippen molar-refractivity contribution in [3.63, 3.8) is 0 Å². The monoisotopic (exact) mass is 847 g/mol. The zero-order valence-corrected chi connectivity index (χ0v) is 35.7. The zero-order valence-electron chi connectivity index (χ0n) is 35.7. The summed E-state index contributed by atoms with van der Waals surface area (Å²) < 4.78 is 33.4. The number of rotatable bonds is 33. The first kappa shape index (κ1) is 53.1. The van der Waals surface area contributed by atoms with Crippen molar-refractivity contribution < 1.29 is 73.8 Å². The van der Waals surface area contributed by atoms with Gasteiger partial charge in [0, 0.05) is 12.8 Å². The molecule has 2 rings (SSSR count). The van der Waals surface area contributed by atoms with Gasteiger partial charge in [0.1, 0.15) is 55.4 Å². The smallest absolute Gasteiger partial charge is 0.306 e. The zero-order chi connectivity index (χ0) is 43.3. The van der Waals surface area contributed by atoms with Gasteiger partial charge >= 0.3 is 11.9 Å². The van der Waals surface area contributed by atoms with E-state index < -0.39 is 92.7 Å². The summed E-state index contributed by atoms with van der Waals surface area (Å²) in [6.45, 7) is 2.49. The van der Waals surface area contributed by atoms with E-state index in [4.69, 9.17) is 28.4 Å². The third-order valence-corrected chi connectivity index (χ3v) is 10.7. The normalized spacial score (nSPS) is 28.0. The van der Waals surface area contributed by atoms with Crippen LogP contribution in [0.2, 0.25) is 0 Å². The van der Waals surface area contributed by atoms with Crippen molar-refractivity contribution in [3.05, 3.63) is 24.3 Å². The Morgan fingerprint density at radius 2 is 1.02 bits per heavy atom. The van der Waals surface area contributed by atoms with Gasteiger partial charge in [0.2, 0.25) is 0 Å². The van der Waals surface area contributed by atoms with E-state index >= 15 is 0 Å². The molecular formula is C44H78O15. The maximum atomic E-state index is 12.9. The van der Waals surface area contributed by atoms with Crippen LogP contribution in [0, 0.1) is 0 Å². The number of aliphatic hydroxyl groups excluding tert-OH is 7. The molecule has 4 unspecified atom stereocenters. The van der Waals surface area contributed by atoms with Crippen molar-refractivity contribution in [1.82, 2.24) is 0 Å².